The average molecular weight is 487 g/mol. The van der Waals surface area contributed by atoms with Crippen molar-refractivity contribution in [2.45, 2.75) is 25.9 Å². The summed E-state index contributed by atoms with van der Waals surface area (Å²) in [6.07, 6.45) is 0.0636. The zero-order chi connectivity index (χ0) is 25.0. The number of Topliss-reactive ketones (excluding diaryl/α,β-unsaturated/α-hetero) is 1. The van der Waals surface area contributed by atoms with Gasteiger partial charge in [0.25, 0.3) is 5.91 Å². The molecule has 2 aliphatic rings. The lowest BCUT2D eigenvalue weighted by Gasteiger charge is -2.35. The smallest absolute Gasteiger partial charge is 0.291 e. The quantitative estimate of drug-likeness (QED) is 0.394. The standard InChI is InChI=1S/C28H22FNO6/c1-15-24-21(35-26(15)27(32)30-18-7-8-20-23(13-18)34-12-11-33-20)9-10-22-25(24)19(31)14-28(2,36-22)16-3-5-17(29)6-4-16/h3-10,13H,11-12,14H2,1-2H3,(H,30,32)/t28-/m1/s1. The number of anilines is 1. The second-order valence-electron chi connectivity index (χ2n) is 9.12. The van der Waals surface area contributed by atoms with Crippen LogP contribution in [-0.2, 0) is 5.60 Å². The van der Waals surface area contributed by atoms with Crippen LogP contribution in [0.2, 0.25) is 0 Å². The van der Waals surface area contributed by atoms with Gasteiger partial charge in [0.2, 0.25) is 0 Å². The van der Waals surface area contributed by atoms with E-state index in [-0.39, 0.29) is 23.8 Å². The molecule has 0 unspecified atom stereocenters. The molecule has 1 atom stereocenters. The highest BCUT2D eigenvalue weighted by molar-refractivity contribution is 6.14. The van der Waals surface area contributed by atoms with Gasteiger partial charge in [-0.3, -0.25) is 9.59 Å². The van der Waals surface area contributed by atoms with Crippen LogP contribution < -0.4 is 19.5 Å². The third-order valence-corrected chi connectivity index (χ3v) is 6.63. The van der Waals surface area contributed by atoms with Gasteiger partial charge in [-0.15, -0.1) is 0 Å². The Hall–Kier alpha value is -4.33. The predicted octanol–water partition coefficient (Wildman–Crippen LogP) is 5.78. The lowest BCUT2D eigenvalue weighted by Crippen LogP contribution is -2.36. The SMILES string of the molecule is Cc1c(C(=O)Nc2ccc3c(c2)OCCO3)oc2ccc3c(c12)C(=O)C[C@](C)(c1ccc(F)cc1)O3. The number of halogens is 1. The summed E-state index contributed by atoms with van der Waals surface area (Å²) in [4.78, 5) is 26.5. The summed E-state index contributed by atoms with van der Waals surface area (Å²) in [6.45, 7) is 4.47. The van der Waals surface area contributed by atoms with Crippen LogP contribution in [0.1, 0.15) is 45.4 Å². The summed E-state index contributed by atoms with van der Waals surface area (Å²) in [6, 6.07) is 14.4. The summed E-state index contributed by atoms with van der Waals surface area (Å²) in [5.41, 5.74) is 1.63. The monoisotopic (exact) mass is 487 g/mol. The molecule has 8 heteroatoms. The van der Waals surface area contributed by atoms with E-state index in [1.807, 2.05) is 0 Å². The number of benzene rings is 3. The van der Waals surface area contributed by atoms with E-state index in [0.717, 1.165) is 0 Å². The highest BCUT2D eigenvalue weighted by atomic mass is 19.1. The highest BCUT2D eigenvalue weighted by Gasteiger charge is 2.40. The fraction of sp³-hybridized carbons (Fsp3) is 0.214. The van der Waals surface area contributed by atoms with Gasteiger partial charge in [0.15, 0.2) is 23.0 Å². The predicted molar refractivity (Wildman–Crippen MR) is 130 cm³/mol. The molecule has 0 aliphatic carbocycles. The molecule has 3 heterocycles. The molecular weight excluding hydrogens is 465 g/mol. The molecule has 4 aromatic rings. The van der Waals surface area contributed by atoms with Crippen molar-refractivity contribution in [3.05, 3.63) is 82.9 Å². The summed E-state index contributed by atoms with van der Waals surface area (Å²) < 4.78 is 36.7. The van der Waals surface area contributed by atoms with E-state index in [1.165, 1.54) is 12.1 Å². The van der Waals surface area contributed by atoms with Gasteiger partial charge in [-0.1, -0.05) is 12.1 Å². The molecular formula is C28H22FNO6. The first-order valence-electron chi connectivity index (χ1n) is 11.6. The Kier molecular flexibility index (Phi) is 5.00. The van der Waals surface area contributed by atoms with E-state index in [9.17, 15) is 14.0 Å². The van der Waals surface area contributed by atoms with Gasteiger partial charge in [-0.25, -0.2) is 4.39 Å². The zero-order valence-corrected chi connectivity index (χ0v) is 19.6. The van der Waals surface area contributed by atoms with Gasteiger partial charge < -0.3 is 23.9 Å². The summed E-state index contributed by atoms with van der Waals surface area (Å²) >= 11 is 0. The minimum absolute atomic E-state index is 0.0636. The van der Waals surface area contributed by atoms with E-state index in [1.54, 1.807) is 56.3 Å². The molecule has 0 radical (unpaired) electrons. The van der Waals surface area contributed by atoms with Crippen LogP contribution in [0.3, 0.4) is 0 Å². The molecule has 6 rings (SSSR count). The van der Waals surface area contributed by atoms with Crippen LogP contribution in [0, 0.1) is 12.7 Å². The van der Waals surface area contributed by atoms with Crippen molar-refractivity contribution < 1.29 is 32.6 Å². The lowest BCUT2D eigenvalue weighted by atomic mass is 9.84. The van der Waals surface area contributed by atoms with Gasteiger partial charge in [0.1, 0.15) is 36.0 Å². The molecule has 182 valence electrons. The third kappa shape index (κ3) is 3.57. The number of carbonyl (C=O) groups is 2. The molecule has 1 aromatic heterocycles. The normalized spacial score (nSPS) is 18.5. The van der Waals surface area contributed by atoms with Gasteiger partial charge in [0.05, 0.1) is 12.0 Å². The topological polar surface area (TPSA) is 87.0 Å². The van der Waals surface area contributed by atoms with Crippen LogP contribution in [0.15, 0.2) is 59.0 Å². The van der Waals surface area contributed by atoms with E-state index >= 15 is 0 Å². The van der Waals surface area contributed by atoms with Crippen LogP contribution in [-0.4, -0.2) is 24.9 Å². The Labute approximate surface area is 205 Å². The molecule has 0 saturated carbocycles. The second-order valence-corrected chi connectivity index (χ2v) is 9.12. The van der Waals surface area contributed by atoms with Gasteiger partial charge in [0, 0.05) is 22.7 Å². The largest absolute Gasteiger partial charge is 0.486 e. The number of fused-ring (bicyclic) bond motifs is 4. The molecule has 7 nitrogen and oxygen atoms in total. The molecule has 2 aliphatic heterocycles. The molecule has 36 heavy (non-hydrogen) atoms. The summed E-state index contributed by atoms with van der Waals surface area (Å²) in [7, 11) is 0. The van der Waals surface area contributed by atoms with Crippen molar-refractivity contribution in [2.24, 2.45) is 0 Å². The second kappa shape index (κ2) is 8.12. The molecule has 1 amide bonds. The van der Waals surface area contributed by atoms with E-state index in [4.69, 9.17) is 18.6 Å². The van der Waals surface area contributed by atoms with Crippen molar-refractivity contribution in [2.75, 3.05) is 18.5 Å². The first-order valence-corrected chi connectivity index (χ1v) is 11.6. The Balaban J connectivity index is 1.34. The fourth-order valence-corrected chi connectivity index (χ4v) is 4.85. The zero-order valence-electron chi connectivity index (χ0n) is 19.6. The Bertz CT molecular complexity index is 1540. The van der Waals surface area contributed by atoms with Crippen molar-refractivity contribution >= 4 is 28.3 Å². The molecule has 1 N–H and O–H groups in total. The lowest BCUT2D eigenvalue weighted by molar-refractivity contribution is 0.0507. The number of ether oxygens (including phenoxy) is 3. The number of aryl methyl sites for hydroxylation is 1. The number of hydrogen-bond acceptors (Lipinski definition) is 6. The van der Waals surface area contributed by atoms with Crippen molar-refractivity contribution in [1.29, 1.82) is 0 Å². The van der Waals surface area contributed by atoms with Crippen LogP contribution in [0.5, 0.6) is 17.2 Å². The Morgan fingerprint density at radius 2 is 1.69 bits per heavy atom. The van der Waals surface area contributed by atoms with Crippen molar-refractivity contribution in [3.63, 3.8) is 0 Å². The summed E-state index contributed by atoms with van der Waals surface area (Å²) in [5.74, 6) is 0.730. The first-order chi connectivity index (χ1) is 17.3. The highest BCUT2D eigenvalue weighted by Crippen LogP contribution is 2.44. The van der Waals surface area contributed by atoms with E-state index in [0.29, 0.717) is 63.8 Å². The molecule has 0 bridgehead atoms. The number of amides is 1. The maximum absolute atomic E-state index is 13.4. The Morgan fingerprint density at radius 3 is 2.47 bits per heavy atom. The van der Waals surface area contributed by atoms with Gasteiger partial charge >= 0.3 is 0 Å². The number of hydrogen-bond donors (Lipinski definition) is 1. The van der Waals surface area contributed by atoms with Crippen molar-refractivity contribution in [1.82, 2.24) is 0 Å². The van der Waals surface area contributed by atoms with Crippen molar-refractivity contribution in [3.8, 4) is 17.2 Å². The number of furan rings is 1. The maximum atomic E-state index is 13.4. The van der Waals surface area contributed by atoms with E-state index < -0.39 is 11.5 Å². The molecule has 0 fully saturated rings. The molecule has 0 saturated heterocycles. The van der Waals surface area contributed by atoms with Crippen LogP contribution in [0.4, 0.5) is 10.1 Å². The third-order valence-electron chi connectivity index (χ3n) is 6.63. The average Bonchev–Trinajstić information content (AvgIpc) is 3.20. The van der Waals surface area contributed by atoms with Crippen LogP contribution >= 0.6 is 0 Å². The number of nitrogens with one attached hydrogen (secondary N) is 1. The first kappa shape index (κ1) is 22.2. The number of rotatable bonds is 3. The van der Waals surface area contributed by atoms with Crippen LogP contribution in [0.25, 0.3) is 11.0 Å². The van der Waals surface area contributed by atoms with Gasteiger partial charge in [-0.05, 0) is 55.8 Å². The number of ketones is 1. The fourth-order valence-electron chi connectivity index (χ4n) is 4.85. The number of carbonyl (C=O) groups excluding carboxylic acids is 2. The minimum Gasteiger partial charge on any atom is -0.486 e. The summed E-state index contributed by atoms with van der Waals surface area (Å²) in [5, 5.41) is 3.37. The molecule has 3 aromatic carbocycles. The van der Waals surface area contributed by atoms with Gasteiger partial charge in [-0.2, -0.15) is 0 Å². The van der Waals surface area contributed by atoms with E-state index in [2.05, 4.69) is 5.32 Å². The maximum Gasteiger partial charge on any atom is 0.291 e. The Morgan fingerprint density at radius 1 is 0.972 bits per heavy atom. The minimum atomic E-state index is -0.943. The molecule has 0 spiro atoms.